The van der Waals surface area contributed by atoms with E-state index in [1.165, 1.54) is 7.11 Å². The predicted octanol–water partition coefficient (Wildman–Crippen LogP) is 4.35. The summed E-state index contributed by atoms with van der Waals surface area (Å²) >= 11 is 0. The standard InChI is InChI=1S/C21H19N3O3S/c1-14-8-11-20(27-2)19(12-14)24-28(25,26)16-9-10-17-18(13-16)23-21(22-17)15-6-4-3-5-7-15/h3-13,24H,1-2H3,(H,22,23). The van der Waals surface area contributed by atoms with Crippen molar-refractivity contribution in [2.45, 2.75) is 11.8 Å². The fourth-order valence-electron chi connectivity index (χ4n) is 2.99. The zero-order valence-corrected chi connectivity index (χ0v) is 16.2. The number of nitrogens with zero attached hydrogens (tertiary/aromatic N) is 1. The van der Waals surface area contributed by atoms with Crippen molar-refractivity contribution in [1.82, 2.24) is 9.97 Å². The van der Waals surface area contributed by atoms with Crippen molar-refractivity contribution in [2.24, 2.45) is 0 Å². The molecule has 0 saturated carbocycles. The van der Waals surface area contributed by atoms with Crippen molar-refractivity contribution < 1.29 is 13.2 Å². The monoisotopic (exact) mass is 393 g/mol. The Morgan fingerprint density at radius 2 is 1.79 bits per heavy atom. The Hall–Kier alpha value is -3.32. The van der Waals surface area contributed by atoms with Crippen LogP contribution in [0.5, 0.6) is 5.75 Å². The number of benzene rings is 3. The largest absolute Gasteiger partial charge is 0.495 e. The molecule has 0 aliphatic rings. The number of sulfonamides is 1. The van der Waals surface area contributed by atoms with E-state index >= 15 is 0 Å². The van der Waals surface area contributed by atoms with Crippen molar-refractivity contribution in [3.63, 3.8) is 0 Å². The van der Waals surface area contributed by atoms with Crippen LogP contribution in [0.2, 0.25) is 0 Å². The van der Waals surface area contributed by atoms with Gasteiger partial charge in [-0.05, 0) is 42.8 Å². The maximum Gasteiger partial charge on any atom is 0.262 e. The molecule has 2 N–H and O–H groups in total. The van der Waals surface area contributed by atoms with Crippen molar-refractivity contribution in [2.75, 3.05) is 11.8 Å². The SMILES string of the molecule is COc1ccc(C)cc1NS(=O)(=O)c1ccc2nc(-c3ccccc3)[nH]c2c1. The number of imidazole rings is 1. The molecular formula is C21H19N3O3S. The van der Waals surface area contributed by atoms with Gasteiger partial charge in [-0.25, -0.2) is 13.4 Å². The van der Waals surface area contributed by atoms with E-state index in [1.54, 1.807) is 30.3 Å². The normalized spacial score (nSPS) is 11.5. The van der Waals surface area contributed by atoms with Crippen molar-refractivity contribution in [1.29, 1.82) is 0 Å². The Morgan fingerprint density at radius 1 is 1.00 bits per heavy atom. The Balaban J connectivity index is 1.71. The lowest BCUT2D eigenvalue weighted by Gasteiger charge is -2.12. The van der Waals surface area contributed by atoms with Crippen LogP contribution in [-0.4, -0.2) is 25.5 Å². The number of hydrogen-bond donors (Lipinski definition) is 2. The second-order valence-electron chi connectivity index (χ2n) is 6.44. The first-order valence-corrected chi connectivity index (χ1v) is 10.2. The number of methoxy groups -OCH3 is 1. The van der Waals surface area contributed by atoms with Gasteiger partial charge in [0, 0.05) is 5.56 Å². The van der Waals surface area contributed by atoms with Crippen molar-refractivity contribution in [3.05, 3.63) is 72.3 Å². The number of H-pyrrole nitrogens is 1. The summed E-state index contributed by atoms with van der Waals surface area (Å²) in [5.41, 5.74) is 3.61. The molecule has 0 radical (unpaired) electrons. The zero-order valence-electron chi connectivity index (χ0n) is 15.4. The fraction of sp³-hybridized carbons (Fsp3) is 0.0952. The maximum atomic E-state index is 12.9. The van der Waals surface area contributed by atoms with Crippen LogP contribution in [0.15, 0.2) is 71.6 Å². The van der Waals surface area contributed by atoms with Gasteiger partial charge >= 0.3 is 0 Å². The number of ether oxygens (including phenoxy) is 1. The minimum Gasteiger partial charge on any atom is -0.495 e. The Labute approximate surface area is 163 Å². The molecule has 0 saturated heterocycles. The molecule has 28 heavy (non-hydrogen) atoms. The molecule has 0 atom stereocenters. The van der Waals surface area contributed by atoms with E-state index in [0.717, 1.165) is 11.1 Å². The van der Waals surface area contributed by atoms with Crippen LogP contribution in [0.4, 0.5) is 5.69 Å². The van der Waals surface area contributed by atoms with Gasteiger partial charge in [-0.1, -0.05) is 36.4 Å². The molecule has 7 heteroatoms. The number of rotatable bonds is 5. The average molecular weight is 393 g/mol. The van der Waals surface area contributed by atoms with E-state index in [1.807, 2.05) is 43.3 Å². The van der Waals surface area contributed by atoms with Gasteiger partial charge in [0.2, 0.25) is 0 Å². The van der Waals surface area contributed by atoms with Crippen LogP contribution in [0.3, 0.4) is 0 Å². The van der Waals surface area contributed by atoms with E-state index in [4.69, 9.17) is 4.74 Å². The van der Waals surface area contributed by atoms with Gasteiger partial charge < -0.3 is 9.72 Å². The van der Waals surface area contributed by atoms with E-state index in [-0.39, 0.29) is 4.90 Å². The summed E-state index contributed by atoms with van der Waals surface area (Å²) in [7, 11) is -2.28. The molecule has 0 amide bonds. The minimum atomic E-state index is -3.79. The van der Waals surface area contributed by atoms with Gasteiger partial charge in [-0.15, -0.1) is 0 Å². The lowest BCUT2D eigenvalue weighted by Crippen LogP contribution is -2.13. The minimum absolute atomic E-state index is 0.145. The molecule has 6 nitrogen and oxygen atoms in total. The first-order chi connectivity index (χ1) is 13.5. The highest BCUT2D eigenvalue weighted by atomic mass is 32.2. The van der Waals surface area contributed by atoms with Crippen LogP contribution >= 0.6 is 0 Å². The molecule has 4 rings (SSSR count). The van der Waals surface area contributed by atoms with E-state index < -0.39 is 10.0 Å². The van der Waals surface area contributed by atoms with Crippen LogP contribution in [-0.2, 0) is 10.0 Å². The maximum absolute atomic E-state index is 12.9. The van der Waals surface area contributed by atoms with E-state index in [9.17, 15) is 8.42 Å². The van der Waals surface area contributed by atoms with Crippen molar-refractivity contribution >= 4 is 26.7 Å². The molecule has 0 aliphatic heterocycles. The highest BCUT2D eigenvalue weighted by molar-refractivity contribution is 7.92. The second kappa shape index (κ2) is 7.01. The summed E-state index contributed by atoms with van der Waals surface area (Å²) in [5.74, 6) is 1.15. The number of nitrogens with one attached hydrogen (secondary N) is 2. The Kier molecular flexibility index (Phi) is 4.52. The molecule has 0 bridgehead atoms. The van der Waals surface area contributed by atoms with Gasteiger partial charge in [0.1, 0.15) is 11.6 Å². The number of fused-ring (bicyclic) bond motifs is 1. The summed E-state index contributed by atoms with van der Waals surface area (Å²) in [5, 5.41) is 0. The third-order valence-electron chi connectivity index (χ3n) is 4.41. The van der Waals surface area contributed by atoms with Crippen LogP contribution in [0.1, 0.15) is 5.56 Å². The Morgan fingerprint density at radius 3 is 2.54 bits per heavy atom. The molecule has 0 fully saturated rings. The van der Waals surface area contributed by atoms with Crippen LogP contribution < -0.4 is 9.46 Å². The average Bonchev–Trinajstić information content (AvgIpc) is 3.12. The van der Waals surface area contributed by atoms with Gasteiger partial charge in [0.25, 0.3) is 10.0 Å². The van der Waals surface area contributed by atoms with Gasteiger partial charge in [-0.3, -0.25) is 4.72 Å². The third kappa shape index (κ3) is 3.44. The third-order valence-corrected chi connectivity index (χ3v) is 5.77. The molecule has 4 aromatic rings. The highest BCUT2D eigenvalue weighted by Crippen LogP contribution is 2.29. The summed E-state index contributed by atoms with van der Waals surface area (Å²) < 4.78 is 33.7. The fourth-order valence-corrected chi connectivity index (χ4v) is 4.08. The summed E-state index contributed by atoms with van der Waals surface area (Å²) in [6.07, 6.45) is 0. The van der Waals surface area contributed by atoms with Crippen molar-refractivity contribution in [3.8, 4) is 17.1 Å². The van der Waals surface area contributed by atoms with Gasteiger partial charge in [-0.2, -0.15) is 0 Å². The van der Waals surface area contributed by atoms with Crippen LogP contribution in [0.25, 0.3) is 22.4 Å². The number of aromatic amines is 1. The summed E-state index contributed by atoms with van der Waals surface area (Å²) in [6.45, 7) is 1.89. The smallest absolute Gasteiger partial charge is 0.262 e. The quantitative estimate of drug-likeness (QED) is 0.528. The molecule has 0 spiro atoms. The lowest BCUT2D eigenvalue weighted by atomic mass is 10.2. The first-order valence-electron chi connectivity index (χ1n) is 8.69. The molecule has 142 valence electrons. The van der Waals surface area contributed by atoms with Crippen LogP contribution in [0, 0.1) is 6.92 Å². The van der Waals surface area contributed by atoms with Gasteiger partial charge in [0.05, 0.1) is 28.7 Å². The molecule has 1 heterocycles. The predicted molar refractivity (Wildman–Crippen MR) is 110 cm³/mol. The second-order valence-corrected chi connectivity index (χ2v) is 8.12. The molecule has 3 aromatic carbocycles. The van der Waals surface area contributed by atoms with E-state index in [2.05, 4.69) is 14.7 Å². The number of aromatic nitrogens is 2. The van der Waals surface area contributed by atoms with E-state index in [0.29, 0.717) is 28.3 Å². The van der Waals surface area contributed by atoms with Gasteiger partial charge in [0.15, 0.2) is 0 Å². The molecule has 0 unspecified atom stereocenters. The highest BCUT2D eigenvalue weighted by Gasteiger charge is 2.18. The molecule has 1 aromatic heterocycles. The number of hydrogen-bond acceptors (Lipinski definition) is 4. The Bertz CT molecular complexity index is 1250. The number of anilines is 1. The number of aryl methyl sites for hydroxylation is 1. The molecule has 0 aliphatic carbocycles. The zero-order chi connectivity index (χ0) is 19.7. The summed E-state index contributed by atoms with van der Waals surface area (Å²) in [4.78, 5) is 7.88. The lowest BCUT2D eigenvalue weighted by molar-refractivity contribution is 0.417. The molecular weight excluding hydrogens is 374 g/mol. The summed E-state index contributed by atoms with van der Waals surface area (Å²) in [6, 6.07) is 19.8. The topological polar surface area (TPSA) is 84.1 Å². The first kappa shape index (κ1) is 18.1.